The SMILES string of the molecule is Cc1cc(S(=O)(=O)N(CCO)C2CCCC2)c(C)s1. The summed E-state index contributed by atoms with van der Waals surface area (Å²) >= 11 is 1.51. The lowest BCUT2D eigenvalue weighted by atomic mass is 10.2. The average molecular weight is 303 g/mol. The fraction of sp³-hybridized carbons (Fsp3) is 0.692. The summed E-state index contributed by atoms with van der Waals surface area (Å²) in [6.07, 6.45) is 3.95. The summed E-state index contributed by atoms with van der Waals surface area (Å²) in [5.74, 6) is 0. The van der Waals surface area contributed by atoms with Gasteiger partial charge in [0.2, 0.25) is 10.0 Å². The molecule has 0 spiro atoms. The summed E-state index contributed by atoms with van der Waals surface area (Å²) in [5, 5.41) is 9.18. The van der Waals surface area contributed by atoms with Gasteiger partial charge in [-0.1, -0.05) is 12.8 Å². The van der Waals surface area contributed by atoms with Gasteiger partial charge in [-0.3, -0.25) is 0 Å². The zero-order chi connectivity index (χ0) is 14.0. The molecule has 1 N–H and O–H groups in total. The molecule has 108 valence electrons. The van der Waals surface area contributed by atoms with Gasteiger partial charge >= 0.3 is 0 Å². The predicted octanol–water partition coefficient (Wildman–Crippen LogP) is 2.29. The first-order valence-electron chi connectivity index (χ1n) is 6.66. The van der Waals surface area contributed by atoms with Gasteiger partial charge in [0.1, 0.15) is 0 Å². The Morgan fingerprint density at radius 2 is 2.00 bits per heavy atom. The Kier molecular flexibility index (Phi) is 4.66. The minimum absolute atomic E-state index is 0.0526. The lowest BCUT2D eigenvalue weighted by Gasteiger charge is -2.27. The van der Waals surface area contributed by atoms with Crippen molar-refractivity contribution in [2.24, 2.45) is 0 Å². The first kappa shape index (κ1) is 15.0. The van der Waals surface area contributed by atoms with E-state index >= 15 is 0 Å². The van der Waals surface area contributed by atoms with Crippen LogP contribution in [0.1, 0.15) is 35.4 Å². The Hall–Kier alpha value is -0.430. The normalized spacial score (nSPS) is 17.5. The van der Waals surface area contributed by atoms with E-state index in [1.165, 1.54) is 15.6 Å². The molecule has 19 heavy (non-hydrogen) atoms. The fourth-order valence-electron chi connectivity index (χ4n) is 2.78. The molecule has 1 fully saturated rings. The second-order valence-corrected chi connectivity index (χ2v) is 8.37. The second kappa shape index (κ2) is 5.91. The molecule has 0 aromatic carbocycles. The molecule has 0 aliphatic heterocycles. The number of hydrogen-bond acceptors (Lipinski definition) is 4. The second-order valence-electron chi connectivity index (χ2n) is 5.06. The van der Waals surface area contributed by atoms with E-state index in [-0.39, 0.29) is 19.2 Å². The molecule has 1 aliphatic rings. The van der Waals surface area contributed by atoms with Crippen LogP contribution in [0, 0.1) is 13.8 Å². The number of aryl methyl sites for hydroxylation is 2. The molecule has 0 bridgehead atoms. The summed E-state index contributed by atoms with van der Waals surface area (Å²) in [6, 6.07) is 1.80. The van der Waals surface area contributed by atoms with Gasteiger partial charge < -0.3 is 5.11 Å². The Morgan fingerprint density at radius 3 is 2.47 bits per heavy atom. The van der Waals surface area contributed by atoms with Gasteiger partial charge in [-0.05, 0) is 32.8 Å². The molecule has 2 rings (SSSR count). The van der Waals surface area contributed by atoms with E-state index in [0.29, 0.717) is 4.90 Å². The van der Waals surface area contributed by atoms with Crippen molar-refractivity contribution in [3.05, 3.63) is 15.8 Å². The van der Waals surface area contributed by atoms with E-state index in [0.717, 1.165) is 35.4 Å². The van der Waals surface area contributed by atoms with Crippen LogP contribution in [0.5, 0.6) is 0 Å². The van der Waals surface area contributed by atoms with Crippen LogP contribution in [-0.4, -0.2) is 37.0 Å². The van der Waals surface area contributed by atoms with Gasteiger partial charge in [-0.25, -0.2) is 8.42 Å². The quantitative estimate of drug-likeness (QED) is 0.908. The molecule has 0 unspecified atom stereocenters. The smallest absolute Gasteiger partial charge is 0.244 e. The lowest BCUT2D eigenvalue weighted by Crippen LogP contribution is -2.40. The lowest BCUT2D eigenvalue weighted by molar-refractivity contribution is 0.226. The molecular formula is C13H21NO3S2. The molecule has 1 aromatic heterocycles. The van der Waals surface area contributed by atoms with Crippen LogP contribution < -0.4 is 0 Å². The summed E-state index contributed by atoms with van der Waals surface area (Å²) in [7, 11) is -3.47. The third-order valence-corrected chi connectivity index (χ3v) is 6.81. The zero-order valence-corrected chi connectivity index (χ0v) is 13.1. The molecular weight excluding hydrogens is 282 g/mol. The van der Waals surface area contributed by atoms with Crippen molar-refractivity contribution in [1.82, 2.24) is 4.31 Å². The van der Waals surface area contributed by atoms with E-state index < -0.39 is 10.0 Å². The monoisotopic (exact) mass is 303 g/mol. The van der Waals surface area contributed by atoms with E-state index in [1.807, 2.05) is 13.8 Å². The largest absolute Gasteiger partial charge is 0.395 e. The first-order valence-corrected chi connectivity index (χ1v) is 8.92. The fourth-order valence-corrected chi connectivity index (χ4v) is 5.98. The van der Waals surface area contributed by atoms with Crippen molar-refractivity contribution >= 4 is 21.4 Å². The number of sulfonamides is 1. The summed E-state index contributed by atoms with van der Waals surface area (Å²) in [6.45, 7) is 3.83. The van der Waals surface area contributed by atoms with E-state index in [1.54, 1.807) is 6.07 Å². The number of aliphatic hydroxyl groups excluding tert-OH is 1. The number of thiophene rings is 1. The van der Waals surface area contributed by atoms with Crippen molar-refractivity contribution in [2.45, 2.75) is 50.5 Å². The maximum atomic E-state index is 12.8. The molecule has 1 heterocycles. The molecule has 1 aromatic rings. The van der Waals surface area contributed by atoms with Crippen molar-refractivity contribution in [3.8, 4) is 0 Å². The highest BCUT2D eigenvalue weighted by molar-refractivity contribution is 7.89. The van der Waals surface area contributed by atoms with Crippen LogP contribution in [0.2, 0.25) is 0 Å². The van der Waals surface area contributed by atoms with Gasteiger partial charge in [-0.15, -0.1) is 11.3 Å². The molecule has 1 aliphatic carbocycles. The number of aliphatic hydroxyl groups is 1. The minimum atomic E-state index is -3.47. The highest BCUT2D eigenvalue weighted by Gasteiger charge is 2.34. The van der Waals surface area contributed by atoms with Gasteiger partial charge in [0.15, 0.2) is 0 Å². The van der Waals surface area contributed by atoms with Crippen LogP contribution >= 0.6 is 11.3 Å². The summed E-state index contributed by atoms with van der Waals surface area (Å²) < 4.78 is 27.0. The van der Waals surface area contributed by atoms with Crippen molar-refractivity contribution in [3.63, 3.8) is 0 Å². The molecule has 6 heteroatoms. The van der Waals surface area contributed by atoms with E-state index in [2.05, 4.69) is 0 Å². The minimum Gasteiger partial charge on any atom is -0.395 e. The Morgan fingerprint density at radius 1 is 1.37 bits per heavy atom. The van der Waals surface area contributed by atoms with Gasteiger partial charge in [-0.2, -0.15) is 4.31 Å². The molecule has 1 saturated carbocycles. The van der Waals surface area contributed by atoms with Gasteiger partial charge in [0.25, 0.3) is 0 Å². The average Bonchev–Trinajstić information content (AvgIpc) is 2.95. The maximum absolute atomic E-state index is 12.8. The predicted molar refractivity (Wildman–Crippen MR) is 77.0 cm³/mol. The number of rotatable bonds is 5. The maximum Gasteiger partial charge on any atom is 0.244 e. The summed E-state index contributed by atoms with van der Waals surface area (Å²) in [5.41, 5.74) is 0. The molecule has 0 radical (unpaired) electrons. The van der Waals surface area contributed by atoms with E-state index in [4.69, 9.17) is 0 Å². The number of nitrogens with zero attached hydrogens (tertiary/aromatic N) is 1. The number of hydrogen-bond donors (Lipinski definition) is 1. The standard InChI is InChI=1S/C13H21NO3S2/c1-10-9-13(11(2)18-10)19(16,17)14(7-8-15)12-5-3-4-6-12/h9,12,15H,3-8H2,1-2H3. The highest BCUT2D eigenvalue weighted by Crippen LogP contribution is 2.32. The van der Waals surface area contributed by atoms with Crippen LogP contribution in [-0.2, 0) is 10.0 Å². The Bertz CT molecular complexity index is 530. The van der Waals surface area contributed by atoms with Crippen molar-refractivity contribution in [2.75, 3.05) is 13.2 Å². The third-order valence-electron chi connectivity index (χ3n) is 3.63. The first-order chi connectivity index (χ1) is 8.96. The Balaban J connectivity index is 2.36. The van der Waals surface area contributed by atoms with Gasteiger partial charge in [0, 0.05) is 22.3 Å². The van der Waals surface area contributed by atoms with Crippen LogP contribution in [0.4, 0.5) is 0 Å². The summed E-state index contributed by atoms with van der Waals surface area (Å²) in [4.78, 5) is 2.25. The van der Waals surface area contributed by atoms with Crippen molar-refractivity contribution < 1.29 is 13.5 Å². The molecule has 0 saturated heterocycles. The topological polar surface area (TPSA) is 57.6 Å². The van der Waals surface area contributed by atoms with Crippen molar-refractivity contribution in [1.29, 1.82) is 0 Å². The molecule has 4 nitrogen and oxygen atoms in total. The van der Waals surface area contributed by atoms with Crippen LogP contribution in [0.15, 0.2) is 11.0 Å². The Labute approximate surface area is 119 Å². The zero-order valence-electron chi connectivity index (χ0n) is 11.4. The van der Waals surface area contributed by atoms with E-state index in [9.17, 15) is 13.5 Å². The van der Waals surface area contributed by atoms with Crippen LogP contribution in [0.25, 0.3) is 0 Å². The van der Waals surface area contributed by atoms with Crippen LogP contribution in [0.3, 0.4) is 0 Å². The molecule has 0 atom stereocenters. The third kappa shape index (κ3) is 3.02. The molecule has 0 amide bonds. The highest BCUT2D eigenvalue weighted by atomic mass is 32.2. The van der Waals surface area contributed by atoms with Gasteiger partial charge in [0.05, 0.1) is 11.5 Å².